The third-order valence-corrected chi connectivity index (χ3v) is 2.64. The summed E-state index contributed by atoms with van der Waals surface area (Å²) in [5.41, 5.74) is 0. The van der Waals surface area contributed by atoms with Gasteiger partial charge >= 0.3 is 6.01 Å². The van der Waals surface area contributed by atoms with Crippen LogP contribution >= 0.6 is 0 Å². The summed E-state index contributed by atoms with van der Waals surface area (Å²) in [6.07, 6.45) is 3.43. The Hall–Kier alpha value is -1.10. The standard InChI is InChI=1S/C9H13N3O2/c1-2-7(1)10-9-11-8(12-14-9)6-3-4-13-5-6/h6-7H,1-5H2,(H,10,11,12). The van der Waals surface area contributed by atoms with E-state index >= 15 is 0 Å². The van der Waals surface area contributed by atoms with Crippen LogP contribution in [-0.4, -0.2) is 29.4 Å². The minimum absolute atomic E-state index is 0.327. The quantitative estimate of drug-likeness (QED) is 0.783. The van der Waals surface area contributed by atoms with Crippen molar-refractivity contribution in [2.75, 3.05) is 18.5 Å². The predicted octanol–water partition coefficient (Wildman–Crippen LogP) is 1.15. The molecule has 5 nitrogen and oxygen atoms in total. The highest BCUT2D eigenvalue weighted by Gasteiger charge is 2.26. The monoisotopic (exact) mass is 195 g/mol. The van der Waals surface area contributed by atoms with Gasteiger partial charge in [-0.15, -0.1) is 0 Å². The molecule has 2 aliphatic rings. The molecule has 1 saturated carbocycles. The third-order valence-electron chi connectivity index (χ3n) is 2.64. The molecule has 2 fully saturated rings. The summed E-state index contributed by atoms with van der Waals surface area (Å²) in [7, 11) is 0. The van der Waals surface area contributed by atoms with Crippen LogP contribution in [0.5, 0.6) is 0 Å². The number of aromatic nitrogens is 2. The van der Waals surface area contributed by atoms with Gasteiger partial charge in [0.25, 0.3) is 0 Å². The van der Waals surface area contributed by atoms with Gasteiger partial charge in [0.1, 0.15) is 0 Å². The van der Waals surface area contributed by atoms with Crippen LogP contribution in [0.25, 0.3) is 0 Å². The molecule has 1 N–H and O–H groups in total. The Bertz CT molecular complexity index is 316. The van der Waals surface area contributed by atoms with Gasteiger partial charge in [0.15, 0.2) is 5.82 Å². The number of rotatable bonds is 3. The minimum atomic E-state index is 0.327. The van der Waals surface area contributed by atoms with Crippen LogP contribution in [0.4, 0.5) is 6.01 Å². The fourth-order valence-electron chi connectivity index (χ4n) is 1.60. The zero-order chi connectivity index (χ0) is 9.38. The first kappa shape index (κ1) is 8.23. The van der Waals surface area contributed by atoms with E-state index in [-0.39, 0.29) is 0 Å². The Balaban J connectivity index is 1.68. The summed E-state index contributed by atoms with van der Waals surface area (Å²) in [5, 5.41) is 7.13. The van der Waals surface area contributed by atoms with Crippen LogP contribution in [0, 0.1) is 0 Å². The highest BCUT2D eigenvalue weighted by atomic mass is 16.5. The lowest BCUT2D eigenvalue weighted by atomic mass is 10.1. The number of hydrogen-bond donors (Lipinski definition) is 1. The van der Waals surface area contributed by atoms with Gasteiger partial charge in [-0.25, -0.2) is 0 Å². The fraction of sp³-hybridized carbons (Fsp3) is 0.778. The number of nitrogens with zero attached hydrogens (tertiary/aromatic N) is 2. The van der Waals surface area contributed by atoms with Crippen molar-refractivity contribution in [1.29, 1.82) is 0 Å². The second kappa shape index (κ2) is 3.24. The minimum Gasteiger partial charge on any atom is -0.381 e. The second-order valence-corrected chi connectivity index (χ2v) is 3.94. The SMILES string of the molecule is C1CC(c2noc(NC3CC3)n2)CO1. The summed E-state index contributed by atoms with van der Waals surface area (Å²) in [6.45, 7) is 1.53. The predicted molar refractivity (Wildman–Crippen MR) is 49.1 cm³/mol. The molecule has 0 spiro atoms. The molecule has 0 aromatic carbocycles. The van der Waals surface area contributed by atoms with Gasteiger partial charge in [-0.3, -0.25) is 0 Å². The van der Waals surface area contributed by atoms with Crippen LogP contribution in [0.2, 0.25) is 0 Å². The zero-order valence-corrected chi connectivity index (χ0v) is 7.90. The number of ether oxygens (including phenoxy) is 1. The van der Waals surface area contributed by atoms with E-state index in [4.69, 9.17) is 9.26 Å². The van der Waals surface area contributed by atoms with Gasteiger partial charge in [-0.1, -0.05) is 5.16 Å². The maximum atomic E-state index is 5.27. The summed E-state index contributed by atoms with van der Waals surface area (Å²) >= 11 is 0. The first-order valence-electron chi connectivity index (χ1n) is 5.10. The van der Waals surface area contributed by atoms with E-state index in [0.29, 0.717) is 18.0 Å². The van der Waals surface area contributed by atoms with Crippen LogP contribution in [0.1, 0.15) is 31.0 Å². The molecule has 76 valence electrons. The summed E-state index contributed by atoms with van der Waals surface area (Å²) in [5.74, 6) is 1.11. The number of anilines is 1. The largest absolute Gasteiger partial charge is 0.381 e. The smallest absolute Gasteiger partial charge is 0.321 e. The van der Waals surface area contributed by atoms with E-state index in [9.17, 15) is 0 Å². The van der Waals surface area contributed by atoms with Crippen LogP contribution in [0.3, 0.4) is 0 Å². The lowest BCUT2D eigenvalue weighted by molar-refractivity contribution is 0.192. The van der Waals surface area contributed by atoms with Gasteiger partial charge in [0.05, 0.1) is 6.61 Å². The molecular formula is C9H13N3O2. The molecule has 1 aliphatic carbocycles. The second-order valence-electron chi connectivity index (χ2n) is 3.94. The van der Waals surface area contributed by atoms with Crippen molar-refractivity contribution in [3.63, 3.8) is 0 Å². The molecule has 1 atom stereocenters. The molecule has 1 aromatic heterocycles. The zero-order valence-electron chi connectivity index (χ0n) is 7.90. The molecular weight excluding hydrogens is 182 g/mol. The molecule has 5 heteroatoms. The molecule has 1 saturated heterocycles. The van der Waals surface area contributed by atoms with Crippen LogP contribution in [-0.2, 0) is 4.74 Å². The molecule has 2 heterocycles. The van der Waals surface area contributed by atoms with E-state index in [2.05, 4.69) is 15.5 Å². The molecule has 0 amide bonds. The van der Waals surface area contributed by atoms with Gasteiger partial charge in [0.2, 0.25) is 0 Å². The Labute approximate surface area is 81.8 Å². The van der Waals surface area contributed by atoms with Crippen molar-refractivity contribution >= 4 is 6.01 Å². The molecule has 1 unspecified atom stereocenters. The number of nitrogens with one attached hydrogen (secondary N) is 1. The normalized spacial score (nSPS) is 26.7. The molecule has 1 aromatic rings. The van der Waals surface area contributed by atoms with Gasteiger partial charge < -0.3 is 14.6 Å². The van der Waals surface area contributed by atoms with Crippen molar-refractivity contribution in [3.8, 4) is 0 Å². The molecule has 3 rings (SSSR count). The van der Waals surface area contributed by atoms with Crippen LogP contribution in [0.15, 0.2) is 4.52 Å². The topological polar surface area (TPSA) is 60.2 Å². The first-order chi connectivity index (χ1) is 6.92. The lowest BCUT2D eigenvalue weighted by Crippen LogP contribution is -2.03. The highest BCUT2D eigenvalue weighted by molar-refractivity contribution is 5.24. The van der Waals surface area contributed by atoms with E-state index in [1.165, 1.54) is 12.8 Å². The fourth-order valence-corrected chi connectivity index (χ4v) is 1.60. The van der Waals surface area contributed by atoms with Crippen molar-refractivity contribution in [2.45, 2.75) is 31.2 Å². The van der Waals surface area contributed by atoms with E-state index < -0.39 is 0 Å². The van der Waals surface area contributed by atoms with E-state index in [1.807, 2.05) is 0 Å². The lowest BCUT2D eigenvalue weighted by Gasteiger charge is -1.97. The Morgan fingerprint density at radius 3 is 2.93 bits per heavy atom. The maximum absolute atomic E-state index is 5.27. The first-order valence-corrected chi connectivity index (χ1v) is 5.10. The molecule has 0 radical (unpaired) electrons. The van der Waals surface area contributed by atoms with Crippen molar-refractivity contribution < 1.29 is 9.26 Å². The summed E-state index contributed by atoms with van der Waals surface area (Å²) in [4.78, 5) is 4.30. The Kier molecular flexibility index (Phi) is 1.90. The van der Waals surface area contributed by atoms with Crippen molar-refractivity contribution in [2.24, 2.45) is 0 Å². The Morgan fingerprint density at radius 1 is 1.29 bits per heavy atom. The molecule has 14 heavy (non-hydrogen) atoms. The van der Waals surface area contributed by atoms with Crippen LogP contribution < -0.4 is 5.32 Å². The van der Waals surface area contributed by atoms with Crippen molar-refractivity contribution in [1.82, 2.24) is 10.1 Å². The summed E-state index contributed by atoms with van der Waals surface area (Å²) in [6, 6.07) is 1.12. The number of hydrogen-bond acceptors (Lipinski definition) is 5. The molecule has 1 aliphatic heterocycles. The van der Waals surface area contributed by atoms with E-state index in [0.717, 1.165) is 25.5 Å². The average molecular weight is 195 g/mol. The highest BCUT2D eigenvalue weighted by Crippen LogP contribution is 2.26. The van der Waals surface area contributed by atoms with Gasteiger partial charge in [-0.2, -0.15) is 4.98 Å². The van der Waals surface area contributed by atoms with Crippen molar-refractivity contribution in [3.05, 3.63) is 5.82 Å². The maximum Gasteiger partial charge on any atom is 0.321 e. The van der Waals surface area contributed by atoms with E-state index in [1.54, 1.807) is 0 Å². The Morgan fingerprint density at radius 2 is 2.21 bits per heavy atom. The third kappa shape index (κ3) is 1.59. The van der Waals surface area contributed by atoms with Gasteiger partial charge in [-0.05, 0) is 19.3 Å². The molecule has 0 bridgehead atoms. The summed E-state index contributed by atoms with van der Waals surface area (Å²) < 4.78 is 10.4. The average Bonchev–Trinajstić information content (AvgIpc) is 2.71. The van der Waals surface area contributed by atoms with Gasteiger partial charge in [0, 0.05) is 18.6 Å².